The summed E-state index contributed by atoms with van der Waals surface area (Å²) in [6.07, 6.45) is 6.51. The minimum atomic E-state index is -4.64. The minimum absolute atomic E-state index is 0.430. The second-order valence-corrected chi connectivity index (χ2v) is 5.28. The Morgan fingerprint density at radius 1 is 1.25 bits per heavy atom. The van der Waals surface area contributed by atoms with Crippen LogP contribution in [0, 0.1) is 0 Å². The largest absolute Gasteiger partial charge is 0.466 e. The number of allylic oxidation sites excluding steroid dienone is 1. The standard InChI is InChI=1S/C12H22O3.H3O4P/c1-4-5-6-7-8-9-10(2)12(14)15-11(3)13;1-5(2,3)4/h9,11,13H,4-8H2,1-3H3;(H3,1,2,3,4). The van der Waals surface area contributed by atoms with E-state index in [2.05, 4.69) is 11.7 Å². The van der Waals surface area contributed by atoms with Crippen molar-refractivity contribution in [2.24, 2.45) is 0 Å². The van der Waals surface area contributed by atoms with Gasteiger partial charge in [0.2, 0.25) is 0 Å². The van der Waals surface area contributed by atoms with Crippen LogP contribution in [-0.4, -0.2) is 32.0 Å². The Hall–Kier alpha value is -0.720. The molecule has 0 heterocycles. The Kier molecular flexibility index (Phi) is 13.0. The number of rotatable bonds is 7. The minimum Gasteiger partial charge on any atom is -0.433 e. The second kappa shape index (κ2) is 12.1. The van der Waals surface area contributed by atoms with Gasteiger partial charge in [-0.15, -0.1) is 0 Å². The van der Waals surface area contributed by atoms with Crippen LogP contribution in [0.4, 0.5) is 0 Å². The average Bonchev–Trinajstić information content (AvgIpc) is 2.25. The molecule has 0 amide bonds. The Morgan fingerprint density at radius 2 is 1.75 bits per heavy atom. The van der Waals surface area contributed by atoms with Crippen molar-refractivity contribution in [1.29, 1.82) is 0 Å². The van der Waals surface area contributed by atoms with Gasteiger partial charge in [0.15, 0.2) is 6.29 Å². The molecule has 0 aromatic carbocycles. The van der Waals surface area contributed by atoms with Crippen molar-refractivity contribution >= 4 is 13.8 Å². The lowest BCUT2D eigenvalue weighted by molar-refractivity contribution is -0.159. The van der Waals surface area contributed by atoms with E-state index in [-0.39, 0.29) is 0 Å². The number of aliphatic hydroxyl groups is 1. The van der Waals surface area contributed by atoms with Crippen molar-refractivity contribution in [3.05, 3.63) is 11.6 Å². The summed E-state index contributed by atoms with van der Waals surface area (Å²) in [7, 11) is -4.64. The van der Waals surface area contributed by atoms with E-state index in [0.29, 0.717) is 5.57 Å². The molecule has 7 nitrogen and oxygen atoms in total. The number of carbonyl (C=O) groups excluding carboxylic acids is 1. The highest BCUT2D eigenvalue weighted by Crippen LogP contribution is 2.25. The van der Waals surface area contributed by atoms with Crippen LogP contribution in [-0.2, 0) is 14.1 Å². The quantitative estimate of drug-likeness (QED) is 0.186. The third kappa shape index (κ3) is 22.5. The van der Waals surface area contributed by atoms with E-state index in [4.69, 9.17) is 24.4 Å². The number of hydrogen-bond donors (Lipinski definition) is 4. The summed E-state index contributed by atoms with van der Waals surface area (Å²) >= 11 is 0. The summed E-state index contributed by atoms with van der Waals surface area (Å²) in [6.45, 7) is 5.30. The highest BCUT2D eigenvalue weighted by Gasteiger charge is 2.07. The molecule has 20 heavy (non-hydrogen) atoms. The number of esters is 1. The third-order valence-electron chi connectivity index (χ3n) is 2.11. The first-order valence-corrected chi connectivity index (χ1v) is 7.98. The van der Waals surface area contributed by atoms with E-state index in [1.54, 1.807) is 6.92 Å². The molecule has 0 fully saturated rings. The fourth-order valence-electron chi connectivity index (χ4n) is 1.22. The number of ether oxygens (including phenoxy) is 1. The Bertz CT molecular complexity index is 324. The molecule has 1 unspecified atom stereocenters. The molecule has 0 saturated heterocycles. The SMILES string of the molecule is CCCCCCC=C(C)C(=O)OC(C)O.O=P(O)(O)O. The van der Waals surface area contributed by atoms with Gasteiger partial charge >= 0.3 is 13.8 Å². The molecule has 1 atom stereocenters. The fraction of sp³-hybridized carbons (Fsp3) is 0.750. The third-order valence-corrected chi connectivity index (χ3v) is 2.11. The van der Waals surface area contributed by atoms with Crippen LogP contribution in [0.3, 0.4) is 0 Å². The van der Waals surface area contributed by atoms with Gasteiger partial charge in [-0.25, -0.2) is 9.36 Å². The van der Waals surface area contributed by atoms with Crippen LogP contribution >= 0.6 is 7.82 Å². The van der Waals surface area contributed by atoms with Gasteiger partial charge in [0.05, 0.1) is 0 Å². The van der Waals surface area contributed by atoms with E-state index in [0.717, 1.165) is 12.8 Å². The molecule has 0 saturated carbocycles. The predicted octanol–water partition coefficient (Wildman–Crippen LogP) is 1.86. The molecule has 0 aromatic rings. The predicted molar refractivity (Wildman–Crippen MR) is 74.6 cm³/mol. The second-order valence-electron chi connectivity index (χ2n) is 4.25. The summed E-state index contributed by atoms with van der Waals surface area (Å²) in [6, 6.07) is 0. The van der Waals surface area contributed by atoms with Crippen molar-refractivity contribution < 1.29 is 33.9 Å². The normalized spacial score (nSPS) is 13.2. The lowest BCUT2D eigenvalue weighted by Gasteiger charge is -2.06. The van der Waals surface area contributed by atoms with Gasteiger partial charge in [-0.3, -0.25) is 0 Å². The van der Waals surface area contributed by atoms with Crippen LogP contribution < -0.4 is 0 Å². The first-order valence-electron chi connectivity index (χ1n) is 6.42. The van der Waals surface area contributed by atoms with E-state index in [1.165, 1.54) is 26.2 Å². The van der Waals surface area contributed by atoms with E-state index >= 15 is 0 Å². The Morgan fingerprint density at radius 3 is 2.15 bits per heavy atom. The molecule has 0 spiro atoms. The molecule has 4 N–H and O–H groups in total. The van der Waals surface area contributed by atoms with Crippen molar-refractivity contribution in [2.75, 3.05) is 0 Å². The van der Waals surface area contributed by atoms with Gasteiger partial charge in [-0.1, -0.05) is 32.3 Å². The fourth-order valence-corrected chi connectivity index (χ4v) is 1.22. The molecule has 120 valence electrons. The maximum Gasteiger partial charge on any atom is 0.466 e. The van der Waals surface area contributed by atoms with Gasteiger partial charge < -0.3 is 24.5 Å². The van der Waals surface area contributed by atoms with E-state index < -0.39 is 20.1 Å². The van der Waals surface area contributed by atoms with Crippen LogP contribution in [0.1, 0.15) is 52.9 Å². The topological polar surface area (TPSA) is 124 Å². The van der Waals surface area contributed by atoms with Crippen LogP contribution in [0.25, 0.3) is 0 Å². The smallest absolute Gasteiger partial charge is 0.433 e. The zero-order valence-electron chi connectivity index (χ0n) is 12.2. The number of carbonyl (C=O) groups is 1. The summed E-state index contributed by atoms with van der Waals surface area (Å²) in [5.74, 6) is -0.430. The van der Waals surface area contributed by atoms with Gasteiger partial charge in [0, 0.05) is 5.57 Å². The van der Waals surface area contributed by atoms with Crippen LogP contribution in [0.2, 0.25) is 0 Å². The molecule has 0 bridgehead atoms. The van der Waals surface area contributed by atoms with Gasteiger partial charge in [0.1, 0.15) is 0 Å². The molecular weight excluding hydrogens is 287 g/mol. The van der Waals surface area contributed by atoms with Crippen molar-refractivity contribution in [1.82, 2.24) is 0 Å². The zero-order chi connectivity index (χ0) is 16.2. The van der Waals surface area contributed by atoms with E-state index in [1.807, 2.05) is 6.08 Å². The molecule has 0 radical (unpaired) electrons. The van der Waals surface area contributed by atoms with Crippen molar-refractivity contribution in [3.63, 3.8) is 0 Å². The number of phosphoric acid groups is 1. The van der Waals surface area contributed by atoms with E-state index in [9.17, 15) is 4.79 Å². The lowest BCUT2D eigenvalue weighted by Crippen LogP contribution is -2.14. The molecule has 0 aliphatic rings. The summed E-state index contributed by atoms with van der Waals surface area (Å²) in [5, 5.41) is 8.84. The van der Waals surface area contributed by atoms with Crippen LogP contribution in [0.5, 0.6) is 0 Å². The highest BCUT2D eigenvalue weighted by atomic mass is 31.2. The molecule has 8 heteroatoms. The number of aliphatic hydroxyl groups excluding tert-OH is 1. The molecule has 0 rings (SSSR count). The zero-order valence-corrected chi connectivity index (χ0v) is 13.0. The first-order chi connectivity index (χ1) is 9.07. The summed E-state index contributed by atoms with van der Waals surface area (Å²) in [5.41, 5.74) is 0.576. The van der Waals surface area contributed by atoms with Gasteiger partial charge in [-0.2, -0.15) is 0 Å². The molecular formula is C12H25O7P. The van der Waals surface area contributed by atoms with Crippen molar-refractivity contribution in [2.45, 2.75) is 59.2 Å². The van der Waals surface area contributed by atoms with Crippen LogP contribution in [0.15, 0.2) is 11.6 Å². The molecule has 0 aliphatic heterocycles. The highest BCUT2D eigenvalue weighted by molar-refractivity contribution is 7.45. The average molecular weight is 312 g/mol. The summed E-state index contributed by atoms with van der Waals surface area (Å²) in [4.78, 5) is 32.8. The molecule has 0 aromatic heterocycles. The van der Waals surface area contributed by atoms with Gasteiger partial charge in [-0.05, 0) is 26.7 Å². The first kappa shape index (κ1) is 21.6. The summed E-state index contributed by atoms with van der Waals surface area (Å²) < 4.78 is 13.5. The lowest BCUT2D eigenvalue weighted by atomic mass is 10.1. The number of hydrogen-bond acceptors (Lipinski definition) is 4. The Balaban J connectivity index is 0. The van der Waals surface area contributed by atoms with Gasteiger partial charge in [0.25, 0.3) is 0 Å². The maximum absolute atomic E-state index is 11.2. The Labute approximate surface area is 119 Å². The monoisotopic (exact) mass is 312 g/mol. The molecule has 0 aliphatic carbocycles. The van der Waals surface area contributed by atoms with Crippen molar-refractivity contribution in [3.8, 4) is 0 Å². The number of unbranched alkanes of at least 4 members (excludes halogenated alkanes) is 4. The maximum atomic E-state index is 11.2.